The molecule has 3 heteroatoms. The van der Waals surface area contributed by atoms with Crippen LogP contribution in [0.15, 0.2) is 24.5 Å². The van der Waals surface area contributed by atoms with E-state index >= 15 is 0 Å². The molecule has 3 nitrogen and oxygen atoms in total. The topological polar surface area (TPSA) is 28.2 Å². The lowest BCUT2D eigenvalue weighted by molar-refractivity contribution is 0.276. The maximum absolute atomic E-state index is 4.15. The zero-order valence-electron chi connectivity index (χ0n) is 10.0. The van der Waals surface area contributed by atoms with E-state index in [0.717, 1.165) is 19.5 Å². The maximum atomic E-state index is 4.15. The average Bonchev–Trinajstić information content (AvgIpc) is 2.52. The Kier molecular flexibility index (Phi) is 4.31. The lowest BCUT2D eigenvalue weighted by atomic mass is 10.2. The van der Waals surface area contributed by atoms with Crippen LogP contribution in [0.1, 0.15) is 18.9 Å². The van der Waals surface area contributed by atoms with Crippen LogP contribution in [0.5, 0.6) is 0 Å². The van der Waals surface area contributed by atoms with Crippen molar-refractivity contribution in [3.05, 3.63) is 30.1 Å². The van der Waals surface area contributed by atoms with E-state index in [1.807, 2.05) is 18.5 Å². The van der Waals surface area contributed by atoms with Gasteiger partial charge in [0.15, 0.2) is 0 Å². The highest BCUT2D eigenvalue weighted by molar-refractivity contribution is 5.08. The number of aromatic nitrogens is 1. The van der Waals surface area contributed by atoms with E-state index in [0.29, 0.717) is 6.04 Å². The molecule has 2 heterocycles. The molecule has 1 aliphatic rings. The van der Waals surface area contributed by atoms with Crippen LogP contribution < -0.4 is 5.32 Å². The first-order valence-corrected chi connectivity index (χ1v) is 6.19. The highest BCUT2D eigenvalue weighted by atomic mass is 15.2. The van der Waals surface area contributed by atoms with Crippen LogP contribution in [0, 0.1) is 0 Å². The first kappa shape index (κ1) is 11.6. The molecule has 2 rings (SSSR count). The summed E-state index contributed by atoms with van der Waals surface area (Å²) in [5, 5.41) is 3.52. The van der Waals surface area contributed by atoms with E-state index in [4.69, 9.17) is 0 Å². The van der Waals surface area contributed by atoms with Gasteiger partial charge in [0.05, 0.1) is 0 Å². The standard InChI is InChI=1S/C13H21N3/c1-12-11-16(8-3-7-15-12)9-5-13-4-2-6-14-10-13/h2,4,6,10,12,15H,3,5,7-9,11H2,1H3. The highest BCUT2D eigenvalue weighted by Gasteiger charge is 2.13. The van der Waals surface area contributed by atoms with Gasteiger partial charge in [0.2, 0.25) is 0 Å². The van der Waals surface area contributed by atoms with Crippen LogP contribution in [0.2, 0.25) is 0 Å². The second-order valence-corrected chi connectivity index (χ2v) is 4.62. The van der Waals surface area contributed by atoms with Gasteiger partial charge in [-0.05, 0) is 44.5 Å². The number of hydrogen-bond acceptors (Lipinski definition) is 3. The van der Waals surface area contributed by atoms with E-state index in [1.54, 1.807) is 0 Å². The molecule has 0 amide bonds. The summed E-state index contributed by atoms with van der Waals surface area (Å²) in [5.74, 6) is 0. The molecule has 1 saturated heterocycles. The van der Waals surface area contributed by atoms with Gasteiger partial charge < -0.3 is 10.2 Å². The minimum Gasteiger partial charge on any atom is -0.313 e. The van der Waals surface area contributed by atoms with Gasteiger partial charge >= 0.3 is 0 Å². The Bertz CT molecular complexity index is 299. The lowest BCUT2D eigenvalue weighted by Crippen LogP contribution is -2.36. The summed E-state index contributed by atoms with van der Waals surface area (Å²) in [6.07, 6.45) is 6.18. The van der Waals surface area contributed by atoms with E-state index < -0.39 is 0 Å². The van der Waals surface area contributed by atoms with Gasteiger partial charge in [-0.3, -0.25) is 4.98 Å². The fourth-order valence-corrected chi connectivity index (χ4v) is 2.23. The van der Waals surface area contributed by atoms with Gasteiger partial charge in [-0.15, -0.1) is 0 Å². The first-order chi connectivity index (χ1) is 7.84. The number of nitrogens with one attached hydrogen (secondary N) is 1. The zero-order chi connectivity index (χ0) is 11.2. The monoisotopic (exact) mass is 219 g/mol. The number of nitrogens with zero attached hydrogens (tertiary/aromatic N) is 2. The molecule has 1 unspecified atom stereocenters. The van der Waals surface area contributed by atoms with Crippen LogP contribution in [0.3, 0.4) is 0 Å². The molecule has 1 aromatic heterocycles. The van der Waals surface area contributed by atoms with Gasteiger partial charge in [0.25, 0.3) is 0 Å². The summed E-state index contributed by atoms with van der Waals surface area (Å²) >= 11 is 0. The summed E-state index contributed by atoms with van der Waals surface area (Å²) in [6, 6.07) is 4.80. The Balaban J connectivity index is 1.80. The third-order valence-corrected chi connectivity index (χ3v) is 3.12. The van der Waals surface area contributed by atoms with E-state index in [2.05, 4.69) is 28.2 Å². The van der Waals surface area contributed by atoms with Crippen molar-refractivity contribution in [2.75, 3.05) is 26.2 Å². The van der Waals surface area contributed by atoms with Crippen molar-refractivity contribution < 1.29 is 0 Å². The largest absolute Gasteiger partial charge is 0.313 e. The smallest absolute Gasteiger partial charge is 0.0300 e. The molecule has 1 aliphatic heterocycles. The Morgan fingerprint density at radius 1 is 1.56 bits per heavy atom. The Morgan fingerprint density at radius 3 is 3.31 bits per heavy atom. The summed E-state index contributed by atoms with van der Waals surface area (Å²) in [5.41, 5.74) is 1.34. The van der Waals surface area contributed by atoms with Crippen LogP contribution in [0.25, 0.3) is 0 Å². The number of hydrogen-bond donors (Lipinski definition) is 1. The van der Waals surface area contributed by atoms with Crippen molar-refractivity contribution >= 4 is 0 Å². The van der Waals surface area contributed by atoms with Crippen molar-refractivity contribution in [2.24, 2.45) is 0 Å². The minimum absolute atomic E-state index is 0.622. The van der Waals surface area contributed by atoms with Gasteiger partial charge in [0.1, 0.15) is 0 Å². The maximum Gasteiger partial charge on any atom is 0.0300 e. The molecule has 0 bridgehead atoms. The molecule has 1 atom stereocenters. The molecule has 1 N–H and O–H groups in total. The normalized spacial score (nSPS) is 22.9. The van der Waals surface area contributed by atoms with Gasteiger partial charge in [-0.1, -0.05) is 6.07 Å². The molecule has 0 aromatic carbocycles. The number of rotatable bonds is 3. The van der Waals surface area contributed by atoms with Gasteiger partial charge in [-0.2, -0.15) is 0 Å². The molecule has 88 valence electrons. The quantitative estimate of drug-likeness (QED) is 0.831. The van der Waals surface area contributed by atoms with Crippen LogP contribution in [-0.4, -0.2) is 42.1 Å². The third kappa shape index (κ3) is 3.58. The Morgan fingerprint density at radius 2 is 2.50 bits per heavy atom. The lowest BCUT2D eigenvalue weighted by Gasteiger charge is -2.22. The summed E-state index contributed by atoms with van der Waals surface area (Å²) in [6.45, 7) is 6.96. The van der Waals surface area contributed by atoms with Crippen LogP contribution in [0.4, 0.5) is 0 Å². The molecular weight excluding hydrogens is 198 g/mol. The minimum atomic E-state index is 0.622. The molecule has 0 saturated carbocycles. The fraction of sp³-hybridized carbons (Fsp3) is 0.615. The SMILES string of the molecule is CC1CN(CCc2cccnc2)CCCN1. The van der Waals surface area contributed by atoms with Crippen molar-refractivity contribution in [1.82, 2.24) is 15.2 Å². The second kappa shape index (κ2) is 5.97. The summed E-state index contributed by atoms with van der Waals surface area (Å²) < 4.78 is 0. The molecule has 0 aliphatic carbocycles. The van der Waals surface area contributed by atoms with Crippen LogP contribution in [-0.2, 0) is 6.42 Å². The zero-order valence-corrected chi connectivity index (χ0v) is 10.0. The molecule has 0 spiro atoms. The van der Waals surface area contributed by atoms with Gasteiger partial charge in [-0.25, -0.2) is 0 Å². The molecule has 1 fully saturated rings. The predicted octanol–water partition coefficient (Wildman–Crippen LogP) is 1.31. The van der Waals surface area contributed by atoms with E-state index in [1.165, 1.54) is 25.1 Å². The van der Waals surface area contributed by atoms with Gasteiger partial charge in [0, 0.05) is 31.5 Å². The average molecular weight is 219 g/mol. The molecular formula is C13H21N3. The Labute approximate surface area is 97.9 Å². The van der Waals surface area contributed by atoms with Crippen molar-refractivity contribution in [2.45, 2.75) is 25.8 Å². The third-order valence-electron chi connectivity index (χ3n) is 3.12. The van der Waals surface area contributed by atoms with Crippen LogP contribution >= 0.6 is 0 Å². The van der Waals surface area contributed by atoms with Crippen molar-refractivity contribution in [1.29, 1.82) is 0 Å². The highest BCUT2D eigenvalue weighted by Crippen LogP contribution is 2.03. The fourth-order valence-electron chi connectivity index (χ4n) is 2.23. The van der Waals surface area contributed by atoms with Crippen molar-refractivity contribution in [3.63, 3.8) is 0 Å². The first-order valence-electron chi connectivity index (χ1n) is 6.19. The van der Waals surface area contributed by atoms with Crippen molar-refractivity contribution in [3.8, 4) is 0 Å². The second-order valence-electron chi connectivity index (χ2n) is 4.62. The Hall–Kier alpha value is -0.930. The molecule has 16 heavy (non-hydrogen) atoms. The van der Waals surface area contributed by atoms with E-state index in [9.17, 15) is 0 Å². The predicted molar refractivity (Wildman–Crippen MR) is 66.5 cm³/mol. The number of pyridine rings is 1. The summed E-state index contributed by atoms with van der Waals surface area (Å²) in [4.78, 5) is 6.70. The molecule has 1 aromatic rings. The molecule has 0 radical (unpaired) electrons. The summed E-state index contributed by atoms with van der Waals surface area (Å²) in [7, 11) is 0. The van der Waals surface area contributed by atoms with E-state index in [-0.39, 0.29) is 0 Å².